The molecule has 0 amide bonds. The first-order valence-corrected chi connectivity index (χ1v) is 6.67. The average molecular weight is 298 g/mol. The van der Waals surface area contributed by atoms with Crippen molar-refractivity contribution in [1.29, 1.82) is 0 Å². The third-order valence-electron chi connectivity index (χ3n) is 3.30. The second-order valence-electron chi connectivity index (χ2n) is 4.47. The molecule has 1 aromatic carbocycles. The minimum atomic E-state index is -0.721. The zero-order valence-electron chi connectivity index (χ0n) is 9.53. The van der Waals surface area contributed by atoms with E-state index in [0.29, 0.717) is 0 Å². The fourth-order valence-electron chi connectivity index (χ4n) is 2.45. The summed E-state index contributed by atoms with van der Waals surface area (Å²) in [4.78, 5) is 11.4. The lowest BCUT2D eigenvalue weighted by molar-refractivity contribution is -0.140. The summed E-state index contributed by atoms with van der Waals surface area (Å²) in [6, 6.07) is 7.61. The van der Waals surface area contributed by atoms with Gasteiger partial charge in [0.05, 0.1) is 5.92 Å². The molecule has 2 unspecified atom stereocenters. The molecule has 2 atom stereocenters. The second kappa shape index (κ2) is 5.65. The molecular formula is C13H16BrNO2. The smallest absolute Gasteiger partial charge is 0.311 e. The summed E-state index contributed by atoms with van der Waals surface area (Å²) < 4.78 is 0.979. The van der Waals surface area contributed by atoms with Crippen LogP contribution in [0.1, 0.15) is 24.3 Å². The topological polar surface area (TPSA) is 49.3 Å². The van der Waals surface area contributed by atoms with Crippen LogP contribution in [0.5, 0.6) is 0 Å². The van der Waals surface area contributed by atoms with Crippen molar-refractivity contribution in [2.45, 2.75) is 18.8 Å². The summed E-state index contributed by atoms with van der Waals surface area (Å²) in [6.45, 7) is 1.80. The number of carboxylic acids is 1. The number of nitrogens with one attached hydrogen (secondary N) is 1. The summed E-state index contributed by atoms with van der Waals surface area (Å²) in [7, 11) is 0. The van der Waals surface area contributed by atoms with Crippen LogP contribution in [0, 0.1) is 5.92 Å². The van der Waals surface area contributed by atoms with Crippen molar-refractivity contribution >= 4 is 21.9 Å². The molecule has 1 aromatic rings. The van der Waals surface area contributed by atoms with Crippen LogP contribution in [-0.2, 0) is 4.79 Å². The lowest BCUT2D eigenvalue weighted by Crippen LogP contribution is -2.36. The van der Waals surface area contributed by atoms with E-state index in [0.717, 1.165) is 36.0 Å². The molecule has 0 bridgehead atoms. The van der Waals surface area contributed by atoms with Gasteiger partial charge in [-0.25, -0.2) is 0 Å². The van der Waals surface area contributed by atoms with Crippen molar-refractivity contribution in [2.75, 3.05) is 13.1 Å². The van der Waals surface area contributed by atoms with Crippen LogP contribution >= 0.6 is 15.9 Å². The molecule has 1 aliphatic heterocycles. The van der Waals surface area contributed by atoms with E-state index in [1.165, 1.54) is 0 Å². The summed E-state index contributed by atoms with van der Waals surface area (Å²) in [5, 5.41) is 12.7. The fraction of sp³-hybridized carbons (Fsp3) is 0.462. The van der Waals surface area contributed by atoms with Gasteiger partial charge in [-0.15, -0.1) is 0 Å². The van der Waals surface area contributed by atoms with E-state index in [-0.39, 0.29) is 5.92 Å². The predicted octanol–water partition coefficient (Wildman–Crippen LogP) is 2.62. The van der Waals surface area contributed by atoms with Gasteiger partial charge in [-0.2, -0.15) is 0 Å². The van der Waals surface area contributed by atoms with Crippen molar-refractivity contribution in [2.24, 2.45) is 5.92 Å². The van der Waals surface area contributed by atoms with E-state index in [1.807, 2.05) is 24.3 Å². The first-order chi connectivity index (χ1) is 8.18. The highest BCUT2D eigenvalue weighted by molar-refractivity contribution is 9.10. The molecule has 0 radical (unpaired) electrons. The Morgan fingerprint density at radius 1 is 1.41 bits per heavy atom. The van der Waals surface area contributed by atoms with Crippen molar-refractivity contribution in [3.63, 3.8) is 0 Å². The highest BCUT2D eigenvalue weighted by Gasteiger charge is 2.30. The monoisotopic (exact) mass is 297 g/mol. The van der Waals surface area contributed by atoms with Gasteiger partial charge >= 0.3 is 5.97 Å². The van der Waals surface area contributed by atoms with Crippen LogP contribution in [0.3, 0.4) is 0 Å². The third-order valence-corrected chi connectivity index (χ3v) is 3.83. The Labute approximate surface area is 109 Å². The van der Waals surface area contributed by atoms with Crippen molar-refractivity contribution in [1.82, 2.24) is 5.32 Å². The molecule has 0 aliphatic carbocycles. The van der Waals surface area contributed by atoms with Crippen LogP contribution in [0.4, 0.5) is 0 Å². The Morgan fingerprint density at radius 2 is 2.12 bits per heavy atom. The minimum Gasteiger partial charge on any atom is -0.481 e. The molecule has 0 aromatic heterocycles. The summed E-state index contributed by atoms with van der Waals surface area (Å²) in [6.07, 6.45) is 2.05. The number of carbonyl (C=O) groups is 1. The van der Waals surface area contributed by atoms with Gasteiger partial charge in [-0.1, -0.05) is 28.1 Å². The maximum absolute atomic E-state index is 11.4. The average Bonchev–Trinajstić information content (AvgIpc) is 2.33. The molecule has 1 heterocycles. The first-order valence-electron chi connectivity index (χ1n) is 5.87. The van der Waals surface area contributed by atoms with Crippen LogP contribution in [0.15, 0.2) is 28.7 Å². The first kappa shape index (κ1) is 12.6. The van der Waals surface area contributed by atoms with Crippen molar-refractivity contribution in [3.8, 4) is 0 Å². The number of halogens is 1. The highest BCUT2D eigenvalue weighted by atomic mass is 79.9. The minimum absolute atomic E-state index is 0.197. The maximum atomic E-state index is 11.4. The molecule has 0 saturated carbocycles. The van der Waals surface area contributed by atoms with Gasteiger partial charge in [-0.05, 0) is 49.5 Å². The number of benzene rings is 1. The van der Waals surface area contributed by atoms with E-state index >= 15 is 0 Å². The Balaban J connectivity index is 2.21. The van der Waals surface area contributed by atoms with Crippen LogP contribution < -0.4 is 5.32 Å². The number of hydrogen-bond donors (Lipinski definition) is 2. The third kappa shape index (κ3) is 3.07. The van der Waals surface area contributed by atoms with Crippen molar-refractivity contribution in [3.05, 3.63) is 34.3 Å². The van der Waals surface area contributed by atoms with Crippen molar-refractivity contribution < 1.29 is 9.90 Å². The highest BCUT2D eigenvalue weighted by Crippen LogP contribution is 2.30. The molecule has 92 valence electrons. The summed E-state index contributed by atoms with van der Waals surface area (Å²) >= 11 is 3.37. The Hall–Kier alpha value is -0.870. The summed E-state index contributed by atoms with van der Waals surface area (Å²) in [5.74, 6) is -0.917. The van der Waals surface area contributed by atoms with Gasteiger partial charge in [0.1, 0.15) is 0 Å². The zero-order valence-corrected chi connectivity index (χ0v) is 11.1. The largest absolute Gasteiger partial charge is 0.481 e. The normalized spacial score (nSPS) is 22.1. The maximum Gasteiger partial charge on any atom is 0.311 e. The van der Waals surface area contributed by atoms with E-state index in [9.17, 15) is 9.90 Å². The van der Waals surface area contributed by atoms with E-state index < -0.39 is 11.9 Å². The lowest BCUT2D eigenvalue weighted by Gasteiger charge is -2.28. The molecule has 1 aliphatic rings. The number of carboxylic acid groups (broad SMARTS) is 1. The van der Waals surface area contributed by atoms with Crippen LogP contribution in [-0.4, -0.2) is 24.2 Å². The number of piperidine rings is 1. The zero-order chi connectivity index (χ0) is 12.3. The summed E-state index contributed by atoms with van der Waals surface area (Å²) in [5.41, 5.74) is 0.898. The Morgan fingerprint density at radius 3 is 2.65 bits per heavy atom. The molecule has 0 spiro atoms. The van der Waals surface area contributed by atoms with E-state index in [1.54, 1.807) is 0 Å². The molecule has 2 N–H and O–H groups in total. The van der Waals surface area contributed by atoms with Gasteiger partial charge in [0.15, 0.2) is 0 Å². The van der Waals surface area contributed by atoms with Gasteiger partial charge in [0, 0.05) is 4.47 Å². The SMILES string of the molecule is O=C(O)C(c1ccc(Br)cc1)C1CCCNC1. The van der Waals surface area contributed by atoms with Gasteiger partial charge in [0.2, 0.25) is 0 Å². The fourth-order valence-corrected chi connectivity index (χ4v) is 2.71. The second-order valence-corrected chi connectivity index (χ2v) is 5.39. The van der Waals surface area contributed by atoms with Gasteiger partial charge < -0.3 is 10.4 Å². The number of aliphatic carboxylic acids is 1. The molecule has 3 nitrogen and oxygen atoms in total. The van der Waals surface area contributed by atoms with Crippen LogP contribution in [0.2, 0.25) is 0 Å². The molecule has 2 rings (SSSR count). The molecule has 4 heteroatoms. The Bertz CT molecular complexity index is 385. The standard InChI is InChI=1S/C13H16BrNO2/c14-11-5-3-9(4-6-11)12(13(16)17)10-2-1-7-15-8-10/h3-6,10,12,15H,1-2,7-8H2,(H,16,17). The quantitative estimate of drug-likeness (QED) is 0.902. The molecular weight excluding hydrogens is 282 g/mol. The number of hydrogen-bond acceptors (Lipinski definition) is 2. The number of rotatable bonds is 3. The van der Waals surface area contributed by atoms with Crippen LogP contribution in [0.25, 0.3) is 0 Å². The molecule has 17 heavy (non-hydrogen) atoms. The molecule has 1 saturated heterocycles. The van der Waals surface area contributed by atoms with Gasteiger partial charge in [0.25, 0.3) is 0 Å². The van der Waals surface area contributed by atoms with E-state index in [2.05, 4.69) is 21.2 Å². The van der Waals surface area contributed by atoms with E-state index in [4.69, 9.17) is 0 Å². The lowest BCUT2D eigenvalue weighted by atomic mass is 9.81. The van der Waals surface area contributed by atoms with Gasteiger partial charge in [-0.3, -0.25) is 4.79 Å². The molecule has 1 fully saturated rings. The predicted molar refractivity (Wildman–Crippen MR) is 70.1 cm³/mol. The Kier molecular flexibility index (Phi) is 4.18.